The Bertz CT molecular complexity index is 961. The maximum atomic E-state index is 14.6. The van der Waals surface area contributed by atoms with Crippen molar-refractivity contribution in [2.45, 2.75) is 39.5 Å². The third kappa shape index (κ3) is 3.97. The van der Waals surface area contributed by atoms with E-state index in [1.54, 1.807) is 9.80 Å². The Balaban J connectivity index is 1.65. The molecule has 0 bridgehead atoms. The van der Waals surface area contributed by atoms with Gasteiger partial charge in [0, 0.05) is 38.3 Å². The molecule has 4 rings (SSSR count). The minimum Gasteiger partial charge on any atom is -0.389 e. The van der Waals surface area contributed by atoms with Crippen molar-refractivity contribution >= 4 is 23.0 Å². The van der Waals surface area contributed by atoms with Gasteiger partial charge in [-0.25, -0.2) is 18.4 Å². The number of carbonyl (C=O) groups is 2. The van der Waals surface area contributed by atoms with Crippen LogP contribution in [0.5, 0.6) is 5.88 Å². The first-order chi connectivity index (χ1) is 14.3. The number of carbonyl (C=O) groups excluding carboxylic acids is 2. The molecule has 30 heavy (non-hydrogen) atoms. The first-order valence-electron chi connectivity index (χ1n) is 10.5. The van der Waals surface area contributed by atoms with Gasteiger partial charge in [0.1, 0.15) is 17.0 Å². The number of benzene rings is 1. The zero-order chi connectivity index (χ0) is 21.4. The van der Waals surface area contributed by atoms with Crippen molar-refractivity contribution in [3.05, 3.63) is 23.8 Å². The highest BCUT2D eigenvalue weighted by molar-refractivity contribution is 5.94. The molecule has 162 valence electrons. The fourth-order valence-corrected chi connectivity index (χ4v) is 4.02. The van der Waals surface area contributed by atoms with Crippen LogP contribution in [0.4, 0.5) is 18.4 Å². The minimum atomic E-state index is -0.925. The molecule has 2 aliphatic heterocycles. The summed E-state index contributed by atoms with van der Waals surface area (Å²) in [7, 11) is 0. The lowest BCUT2D eigenvalue weighted by Crippen LogP contribution is -2.41. The Kier molecular flexibility index (Phi) is 5.62. The highest BCUT2D eigenvalue weighted by atomic mass is 19.1. The lowest BCUT2D eigenvalue weighted by molar-refractivity contribution is 0.131. The summed E-state index contributed by atoms with van der Waals surface area (Å²) in [4.78, 5) is 28.7. The van der Waals surface area contributed by atoms with Crippen molar-refractivity contribution in [2.24, 2.45) is 11.8 Å². The molecule has 1 aromatic heterocycles. The molecular formula is C21H26F2N4O3. The average Bonchev–Trinajstić information content (AvgIpc) is 3.06. The molecule has 2 amide bonds. The Labute approximate surface area is 173 Å². The summed E-state index contributed by atoms with van der Waals surface area (Å²) in [6, 6.07) is 1.25. The van der Waals surface area contributed by atoms with Crippen LogP contribution in [0.2, 0.25) is 0 Å². The summed E-state index contributed by atoms with van der Waals surface area (Å²) >= 11 is 0. The SMILES string of the molecule is CC1CCN(C(=O)Oc2nn(C(=O)N3CCC(C)CC3)c3cc(F)cc(F)c23)CC1. The van der Waals surface area contributed by atoms with Crippen LogP contribution >= 0.6 is 0 Å². The van der Waals surface area contributed by atoms with E-state index in [4.69, 9.17) is 4.74 Å². The van der Waals surface area contributed by atoms with Crippen molar-refractivity contribution in [1.29, 1.82) is 0 Å². The molecule has 2 saturated heterocycles. The first-order valence-corrected chi connectivity index (χ1v) is 10.5. The lowest BCUT2D eigenvalue weighted by Gasteiger charge is -2.30. The van der Waals surface area contributed by atoms with Crippen LogP contribution in [-0.2, 0) is 0 Å². The number of halogens is 2. The van der Waals surface area contributed by atoms with Crippen molar-refractivity contribution in [1.82, 2.24) is 19.6 Å². The molecule has 2 fully saturated rings. The molecule has 0 spiro atoms. The van der Waals surface area contributed by atoms with Gasteiger partial charge < -0.3 is 14.5 Å². The molecule has 0 atom stereocenters. The summed E-state index contributed by atoms with van der Waals surface area (Å²) in [5, 5.41) is 3.91. The van der Waals surface area contributed by atoms with Crippen molar-refractivity contribution in [3.8, 4) is 5.88 Å². The molecule has 1 aromatic carbocycles. The number of likely N-dealkylation sites (tertiary alicyclic amines) is 2. The number of hydrogen-bond donors (Lipinski definition) is 0. The standard InChI is InChI=1S/C21H26F2N4O3/c1-13-3-7-25(8-4-13)20(28)27-17-12-15(22)11-16(23)18(17)19(24-27)30-21(29)26-9-5-14(2)6-10-26/h11-14H,3-10H2,1-2H3. The Morgan fingerprint density at radius 3 is 2.13 bits per heavy atom. The van der Waals surface area contributed by atoms with E-state index in [1.165, 1.54) is 0 Å². The summed E-state index contributed by atoms with van der Waals surface area (Å²) < 4.78 is 34.8. The summed E-state index contributed by atoms with van der Waals surface area (Å²) in [6.45, 7) is 6.41. The van der Waals surface area contributed by atoms with E-state index < -0.39 is 23.8 Å². The van der Waals surface area contributed by atoms with Gasteiger partial charge in [0.15, 0.2) is 0 Å². The van der Waals surface area contributed by atoms with Crippen molar-refractivity contribution in [3.63, 3.8) is 0 Å². The van der Waals surface area contributed by atoms with Gasteiger partial charge in [0.2, 0.25) is 0 Å². The van der Waals surface area contributed by atoms with E-state index in [0.717, 1.165) is 36.4 Å². The van der Waals surface area contributed by atoms with Gasteiger partial charge in [-0.2, -0.15) is 4.68 Å². The molecule has 0 unspecified atom stereocenters. The van der Waals surface area contributed by atoms with Gasteiger partial charge in [-0.3, -0.25) is 0 Å². The maximum absolute atomic E-state index is 14.6. The summed E-state index contributed by atoms with van der Waals surface area (Å²) in [5.41, 5.74) is -0.0498. The number of nitrogens with zero attached hydrogens (tertiary/aromatic N) is 4. The fourth-order valence-electron chi connectivity index (χ4n) is 4.02. The van der Waals surface area contributed by atoms with E-state index in [9.17, 15) is 18.4 Å². The largest absolute Gasteiger partial charge is 0.416 e. The van der Waals surface area contributed by atoms with Crippen LogP contribution in [0.3, 0.4) is 0 Å². The van der Waals surface area contributed by atoms with Crippen LogP contribution < -0.4 is 4.74 Å². The Morgan fingerprint density at radius 2 is 1.53 bits per heavy atom. The smallest absolute Gasteiger partial charge is 0.389 e. The molecule has 2 aliphatic rings. The number of ether oxygens (including phenoxy) is 1. The molecule has 0 saturated carbocycles. The minimum absolute atomic E-state index is 0.0498. The van der Waals surface area contributed by atoms with Gasteiger partial charge in [0.25, 0.3) is 5.88 Å². The highest BCUT2D eigenvalue weighted by Crippen LogP contribution is 2.30. The first kappa shape index (κ1) is 20.6. The van der Waals surface area contributed by atoms with Gasteiger partial charge in [-0.1, -0.05) is 13.8 Å². The maximum Gasteiger partial charge on any atom is 0.416 e. The van der Waals surface area contributed by atoms with Crippen LogP contribution in [0, 0.1) is 23.5 Å². The van der Waals surface area contributed by atoms with Crippen LogP contribution in [0.1, 0.15) is 39.5 Å². The monoisotopic (exact) mass is 420 g/mol. The van der Waals surface area contributed by atoms with Gasteiger partial charge >= 0.3 is 12.1 Å². The van der Waals surface area contributed by atoms with E-state index in [0.29, 0.717) is 44.1 Å². The van der Waals surface area contributed by atoms with Gasteiger partial charge in [-0.15, -0.1) is 5.10 Å². The Hall–Kier alpha value is -2.71. The van der Waals surface area contributed by atoms with E-state index in [-0.39, 0.29) is 16.8 Å². The average molecular weight is 420 g/mol. The second kappa shape index (κ2) is 8.20. The Morgan fingerprint density at radius 1 is 0.967 bits per heavy atom. The van der Waals surface area contributed by atoms with Crippen LogP contribution in [-0.4, -0.2) is 57.9 Å². The zero-order valence-electron chi connectivity index (χ0n) is 17.2. The number of hydrogen-bond acceptors (Lipinski definition) is 4. The van der Waals surface area contributed by atoms with E-state index in [1.807, 2.05) is 0 Å². The number of amides is 2. The van der Waals surface area contributed by atoms with Crippen LogP contribution in [0.15, 0.2) is 12.1 Å². The van der Waals surface area contributed by atoms with Crippen LogP contribution in [0.25, 0.3) is 10.9 Å². The molecule has 0 radical (unpaired) electrons. The topological polar surface area (TPSA) is 67.7 Å². The number of rotatable bonds is 1. The normalized spacial score (nSPS) is 18.8. The second-order valence-electron chi connectivity index (χ2n) is 8.49. The molecule has 3 heterocycles. The van der Waals surface area contributed by atoms with E-state index >= 15 is 0 Å². The predicted molar refractivity (Wildman–Crippen MR) is 106 cm³/mol. The summed E-state index contributed by atoms with van der Waals surface area (Å²) in [5.74, 6) is -1.03. The zero-order valence-corrected chi connectivity index (χ0v) is 17.2. The van der Waals surface area contributed by atoms with Gasteiger partial charge in [0.05, 0.1) is 5.52 Å². The van der Waals surface area contributed by atoms with Crippen molar-refractivity contribution < 1.29 is 23.1 Å². The highest BCUT2D eigenvalue weighted by Gasteiger charge is 2.29. The molecule has 2 aromatic rings. The third-order valence-corrected chi connectivity index (χ3v) is 6.13. The quantitative estimate of drug-likeness (QED) is 0.692. The molecule has 0 N–H and O–H groups in total. The van der Waals surface area contributed by atoms with Gasteiger partial charge in [-0.05, 0) is 37.5 Å². The van der Waals surface area contributed by atoms with E-state index in [2.05, 4.69) is 18.9 Å². The molecule has 9 heteroatoms. The number of piperidine rings is 2. The number of aromatic nitrogens is 2. The molecule has 7 nitrogen and oxygen atoms in total. The third-order valence-electron chi connectivity index (χ3n) is 6.13. The fraction of sp³-hybridized carbons (Fsp3) is 0.571. The molecular weight excluding hydrogens is 394 g/mol. The van der Waals surface area contributed by atoms with Crippen molar-refractivity contribution in [2.75, 3.05) is 26.2 Å². The number of fused-ring (bicyclic) bond motifs is 1. The lowest BCUT2D eigenvalue weighted by atomic mass is 10.00. The summed E-state index contributed by atoms with van der Waals surface area (Å²) in [6.07, 6.45) is 2.77. The molecule has 0 aliphatic carbocycles. The predicted octanol–water partition coefficient (Wildman–Crippen LogP) is 4.25. The second-order valence-corrected chi connectivity index (χ2v) is 8.49.